The summed E-state index contributed by atoms with van der Waals surface area (Å²) in [6, 6.07) is 6.18. The maximum absolute atomic E-state index is 11.8. The molecule has 0 radical (unpaired) electrons. The zero-order chi connectivity index (χ0) is 11.6. The van der Waals surface area contributed by atoms with Crippen LogP contribution in [0.2, 0.25) is 0 Å². The van der Waals surface area contributed by atoms with E-state index in [1.54, 1.807) is 4.90 Å². The Morgan fingerprint density at radius 1 is 1.13 bits per heavy atom. The van der Waals surface area contributed by atoms with Crippen LogP contribution in [0.25, 0.3) is 0 Å². The molecule has 1 aromatic rings. The Hall–Kier alpha value is -1.31. The summed E-state index contributed by atoms with van der Waals surface area (Å²) < 4.78 is 0. The van der Waals surface area contributed by atoms with Gasteiger partial charge in [0.2, 0.25) is 5.91 Å². The van der Waals surface area contributed by atoms with Crippen LogP contribution in [0.4, 0.5) is 5.69 Å². The average Bonchev–Trinajstić information content (AvgIpc) is 2.13. The first-order valence-corrected chi connectivity index (χ1v) is 5.27. The highest BCUT2D eigenvalue weighted by Crippen LogP contribution is 2.19. The summed E-state index contributed by atoms with van der Waals surface area (Å²) >= 11 is 0. The highest BCUT2D eigenvalue weighted by atomic mass is 16.2. The maximum atomic E-state index is 11.8. The third-order valence-electron chi connectivity index (χ3n) is 2.42. The van der Waals surface area contributed by atoms with Gasteiger partial charge in [-0.1, -0.05) is 19.9 Å². The third-order valence-corrected chi connectivity index (χ3v) is 2.42. The van der Waals surface area contributed by atoms with E-state index >= 15 is 0 Å². The molecule has 0 fully saturated rings. The fourth-order valence-corrected chi connectivity index (χ4v) is 1.66. The third kappa shape index (κ3) is 2.82. The van der Waals surface area contributed by atoms with Crippen molar-refractivity contribution in [2.24, 2.45) is 5.92 Å². The summed E-state index contributed by atoms with van der Waals surface area (Å²) in [4.78, 5) is 13.5. The number of hydrogen-bond donors (Lipinski definition) is 0. The van der Waals surface area contributed by atoms with E-state index in [2.05, 4.69) is 6.07 Å². The molecule has 0 atom stereocenters. The van der Waals surface area contributed by atoms with Gasteiger partial charge in [0.25, 0.3) is 0 Å². The predicted octanol–water partition coefficient (Wildman–Crippen LogP) is 2.92. The van der Waals surface area contributed by atoms with Crippen LogP contribution in [0.15, 0.2) is 18.2 Å². The maximum Gasteiger partial charge on any atom is 0.229 e. The number of aryl methyl sites for hydroxylation is 2. The Kier molecular flexibility index (Phi) is 3.51. The molecule has 1 amide bonds. The van der Waals surface area contributed by atoms with E-state index in [0.717, 1.165) is 5.69 Å². The van der Waals surface area contributed by atoms with Gasteiger partial charge < -0.3 is 4.90 Å². The van der Waals surface area contributed by atoms with E-state index in [1.807, 2.05) is 46.9 Å². The molecule has 0 aliphatic rings. The lowest BCUT2D eigenvalue weighted by atomic mass is 10.1. The minimum Gasteiger partial charge on any atom is -0.315 e. The van der Waals surface area contributed by atoms with Crippen LogP contribution in [-0.4, -0.2) is 13.0 Å². The van der Waals surface area contributed by atoms with Gasteiger partial charge >= 0.3 is 0 Å². The van der Waals surface area contributed by atoms with E-state index in [1.165, 1.54) is 11.1 Å². The molecule has 0 bridgehead atoms. The number of rotatable bonds is 2. The summed E-state index contributed by atoms with van der Waals surface area (Å²) in [5.41, 5.74) is 3.35. The predicted molar refractivity (Wildman–Crippen MR) is 64.2 cm³/mol. The van der Waals surface area contributed by atoms with Crippen molar-refractivity contribution in [3.63, 3.8) is 0 Å². The van der Waals surface area contributed by atoms with Gasteiger partial charge in [0, 0.05) is 18.7 Å². The van der Waals surface area contributed by atoms with Gasteiger partial charge in [-0.3, -0.25) is 4.79 Å². The Balaban J connectivity index is 3.00. The quantitative estimate of drug-likeness (QED) is 0.727. The number of carbonyl (C=O) groups is 1. The summed E-state index contributed by atoms with van der Waals surface area (Å²) in [5.74, 6) is 0.191. The fraction of sp³-hybridized carbons (Fsp3) is 0.462. The van der Waals surface area contributed by atoms with Gasteiger partial charge in [0.1, 0.15) is 0 Å². The Bertz CT molecular complexity index is 349. The first-order chi connectivity index (χ1) is 6.91. The topological polar surface area (TPSA) is 20.3 Å². The number of anilines is 1. The Morgan fingerprint density at radius 2 is 1.60 bits per heavy atom. The normalized spacial score (nSPS) is 10.5. The second-order valence-corrected chi connectivity index (χ2v) is 4.40. The zero-order valence-electron chi connectivity index (χ0n) is 10.2. The largest absolute Gasteiger partial charge is 0.315 e. The van der Waals surface area contributed by atoms with E-state index in [4.69, 9.17) is 0 Å². The molecular weight excluding hydrogens is 186 g/mol. The molecule has 0 aliphatic carbocycles. The molecule has 2 nitrogen and oxygen atoms in total. The summed E-state index contributed by atoms with van der Waals surface area (Å²) in [5, 5.41) is 0. The van der Waals surface area contributed by atoms with Crippen LogP contribution in [-0.2, 0) is 4.79 Å². The lowest BCUT2D eigenvalue weighted by Crippen LogP contribution is -2.30. The van der Waals surface area contributed by atoms with E-state index in [-0.39, 0.29) is 11.8 Å². The van der Waals surface area contributed by atoms with E-state index < -0.39 is 0 Å². The van der Waals surface area contributed by atoms with Crippen LogP contribution in [0.5, 0.6) is 0 Å². The molecule has 0 aromatic heterocycles. The lowest BCUT2D eigenvalue weighted by Gasteiger charge is -2.20. The molecule has 0 saturated heterocycles. The molecule has 0 heterocycles. The van der Waals surface area contributed by atoms with Crippen molar-refractivity contribution in [1.29, 1.82) is 0 Å². The Labute approximate surface area is 91.9 Å². The van der Waals surface area contributed by atoms with Gasteiger partial charge in [-0.15, -0.1) is 0 Å². The SMILES string of the molecule is Cc1cc(C)cc(N(C)C(=O)C(C)C)c1. The van der Waals surface area contributed by atoms with Crippen molar-refractivity contribution in [2.45, 2.75) is 27.7 Å². The van der Waals surface area contributed by atoms with Crippen LogP contribution in [0, 0.1) is 19.8 Å². The molecule has 0 unspecified atom stereocenters. The van der Waals surface area contributed by atoms with Gasteiger partial charge in [0.05, 0.1) is 0 Å². The highest BCUT2D eigenvalue weighted by Gasteiger charge is 2.14. The molecule has 2 heteroatoms. The zero-order valence-corrected chi connectivity index (χ0v) is 10.2. The molecule has 82 valence electrons. The highest BCUT2D eigenvalue weighted by molar-refractivity contribution is 5.94. The minimum atomic E-state index is 0.0378. The average molecular weight is 205 g/mol. The number of carbonyl (C=O) groups excluding carboxylic acids is 1. The van der Waals surface area contributed by atoms with Crippen LogP contribution in [0.3, 0.4) is 0 Å². The first-order valence-electron chi connectivity index (χ1n) is 5.27. The first kappa shape index (κ1) is 11.8. The summed E-state index contributed by atoms with van der Waals surface area (Å²) in [6.07, 6.45) is 0. The number of hydrogen-bond acceptors (Lipinski definition) is 1. The van der Waals surface area contributed by atoms with Crippen molar-refractivity contribution in [2.75, 3.05) is 11.9 Å². The second-order valence-electron chi connectivity index (χ2n) is 4.40. The monoisotopic (exact) mass is 205 g/mol. The molecular formula is C13H19NO. The van der Waals surface area contributed by atoms with Crippen LogP contribution >= 0.6 is 0 Å². The molecule has 0 aliphatic heterocycles. The number of nitrogens with zero attached hydrogens (tertiary/aromatic N) is 1. The van der Waals surface area contributed by atoms with Crippen LogP contribution < -0.4 is 4.90 Å². The van der Waals surface area contributed by atoms with Gasteiger partial charge in [-0.25, -0.2) is 0 Å². The summed E-state index contributed by atoms with van der Waals surface area (Å²) in [6.45, 7) is 7.93. The van der Waals surface area contributed by atoms with Gasteiger partial charge in [-0.05, 0) is 37.1 Å². The van der Waals surface area contributed by atoms with Crippen molar-refractivity contribution >= 4 is 11.6 Å². The lowest BCUT2D eigenvalue weighted by molar-refractivity contribution is -0.121. The second kappa shape index (κ2) is 4.47. The van der Waals surface area contributed by atoms with Crippen molar-refractivity contribution in [1.82, 2.24) is 0 Å². The molecule has 1 rings (SSSR count). The number of benzene rings is 1. The molecule has 15 heavy (non-hydrogen) atoms. The smallest absolute Gasteiger partial charge is 0.229 e. The van der Waals surface area contributed by atoms with Crippen molar-refractivity contribution < 1.29 is 4.79 Å². The van der Waals surface area contributed by atoms with Gasteiger partial charge in [0.15, 0.2) is 0 Å². The van der Waals surface area contributed by atoms with Crippen molar-refractivity contribution in [3.8, 4) is 0 Å². The number of amides is 1. The molecule has 0 spiro atoms. The molecule has 1 aromatic carbocycles. The van der Waals surface area contributed by atoms with E-state index in [0.29, 0.717) is 0 Å². The molecule has 0 N–H and O–H groups in total. The standard InChI is InChI=1S/C13H19NO/c1-9(2)13(15)14(5)12-7-10(3)6-11(4)8-12/h6-9H,1-5H3. The van der Waals surface area contributed by atoms with Crippen molar-refractivity contribution in [3.05, 3.63) is 29.3 Å². The minimum absolute atomic E-state index is 0.0378. The Morgan fingerprint density at radius 3 is 2.00 bits per heavy atom. The van der Waals surface area contributed by atoms with Gasteiger partial charge in [-0.2, -0.15) is 0 Å². The van der Waals surface area contributed by atoms with Crippen LogP contribution in [0.1, 0.15) is 25.0 Å². The van der Waals surface area contributed by atoms with E-state index in [9.17, 15) is 4.79 Å². The fourth-order valence-electron chi connectivity index (χ4n) is 1.66. The molecule has 0 saturated carbocycles. The summed E-state index contributed by atoms with van der Waals surface area (Å²) in [7, 11) is 1.83.